The lowest BCUT2D eigenvalue weighted by Crippen LogP contribution is -2.01. The zero-order chi connectivity index (χ0) is 11.0. The van der Waals surface area contributed by atoms with Crippen molar-refractivity contribution in [3.05, 3.63) is 24.3 Å². The van der Waals surface area contributed by atoms with Crippen LogP contribution in [0.1, 0.15) is 34.6 Å². The van der Waals surface area contributed by atoms with E-state index in [9.17, 15) is 0 Å². The van der Waals surface area contributed by atoms with Gasteiger partial charge in [-0.1, -0.05) is 64.1 Å². The molecule has 0 aromatic heterocycles. The molecule has 0 bridgehead atoms. The van der Waals surface area contributed by atoms with Crippen molar-refractivity contribution in [3.8, 4) is 0 Å². The molecule has 0 amide bonds. The summed E-state index contributed by atoms with van der Waals surface area (Å²) in [6.07, 6.45) is 10.1. The Morgan fingerprint density at radius 3 is 2.07 bits per heavy atom. The van der Waals surface area contributed by atoms with E-state index >= 15 is 0 Å². The van der Waals surface area contributed by atoms with Gasteiger partial charge in [0.05, 0.1) is 0 Å². The third-order valence-electron chi connectivity index (χ3n) is 2.51. The summed E-state index contributed by atoms with van der Waals surface area (Å²) in [7, 11) is 2.34. The zero-order valence-electron chi connectivity index (χ0n) is 10.3. The molecular formula is C13H24B. The number of hydrogen-bond donors (Lipinski definition) is 0. The van der Waals surface area contributed by atoms with Gasteiger partial charge in [-0.15, -0.1) is 0 Å². The Balaban J connectivity index is 3.75. The molecule has 2 atom stereocenters. The Morgan fingerprint density at radius 2 is 1.57 bits per heavy atom. The molecular weight excluding hydrogens is 167 g/mol. The van der Waals surface area contributed by atoms with Crippen molar-refractivity contribution in [1.29, 1.82) is 0 Å². The second-order valence-corrected chi connectivity index (χ2v) is 4.39. The number of hydrogen-bond acceptors (Lipinski definition) is 0. The molecule has 0 saturated heterocycles. The molecule has 0 aliphatic heterocycles. The maximum absolute atomic E-state index is 2.34. The van der Waals surface area contributed by atoms with E-state index in [0.717, 1.165) is 6.32 Å². The molecule has 0 aromatic rings. The summed E-state index contributed by atoms with van der Waals surface area (Å²) >= 11 is 0. The lowest BCUT2D eigenvalue weighted by atomic mass is 9.63. The van der Waals surface area contributed by atoms with Crippen molar-refractivity contribution in [1.82, 2.24) is 0 Å². The molecule has 1 heteroatoms. The van der Waals surface area contributed by atoms with Crippen LogP contribution in [0.15, 0.2) is 24.3 Å². The summed E-state index contributed by atoms with van der Waals surface area (Å²) in [6, 6.07) is 0. The van der Waals surface area contributed by atoms with Crippen LogP contribution in [0, 0.1) is 11.8 Å². The van der Waals surface area contributed by atoms with Gasteiger partial charge in [-0.2, -0.15) is 0 Å². The first-order chi connectivity index (χ1) is 6.57. The van der Waals surface area contributed by atoms with E-state index in [1.54, 1.807) is 0 Å². The highest BCUT2D eigenvalue weighted by atomic mass is 14.1. The van der Waals surface area contributed by atoms with Gasteiger partial charge in [0.15, 0.2) is 0 Å². The molecule has 0 N–H and O–H groups in total. The van der Waals surface area contributed by atoms with Crippen LogP contribution in [0.5, 0.6) is 0 Å². The summed E-state index contributed by atoms with van der Waals surface area (Å²) in [4.78, 5) is 0. The standard InChI is InChI=1S/C13H24B/c1-6-8-12(4)13(5)9-7-10-14-11(2)3/h6-9,11-13H,10H2,1-5H3/b8-6+,9-7+. The van der Waals surface area contributed by atoms with Gasteiger partial charge in [-0.25, -0.2) is 0 Å². The molecule has 0 aliphatic carbocycles. The van der Waals surface area contributed by atoms with E-state index < -0.39 is 0 Å². The Morgan fingerprint density at radius 1 is 1.00 bits per heavy atom. The Hall–Kier alpha value is -0.455. The summed E-state index contributed by atoms with van der Waals surface area (Å²) in [5.41, 5.74) is 0. The predicted octanol–water partition coefficient (Wildman–Crippen LogP) is 4.34. The van der Waals surface area contributed by atoms with Crippen molar-refractivity contribution in [2.45, 2.75) is 46.8 Å². The molecule has 14 heavy (non-hydrogen) atoms. The van der Waals surface area contributed by atoms with Crippen molar-refractivity contribution in [2.24, 2.45) is 11.8 Å². The maximum atomic E-state index is 2.34. The second-order valence-electron chi connectivity index (χ2n) is 4.39. The van der Waals surface area contributed by atoms with Crippen molar-refractivity contribution in [2.75, 3.05) is 0 Å². The van der Waals surface area contributed by atoms with Gasteiger partial charge in [-0.3, -0.25) is 0 Å². The smallest absolute Gasteiger partial charge is 0.0961 e. The third-order valence-corrected chi connectivity index (χ3v) is 2.51. The van der Waals surface area contributed by atoms with E-state index in [1.807, 2.05) is 0 Å². The fourth-order valence-electron chi connectivity index (χ4n) is 1.30. The normalized spacial score (nSPS) is 16.7. The monoisotopic (exact) mass is 191 g/mol. The molecule has 0 saturated carbocycles. The van der Waals surface area contributed by atoms with Crippen LogP contribution < -0.4 is 0 Å². The molecule has 79 valence electrons. The molecule has 0 fully saturated rings. The summed E-state index contributed by atoms with van der Waals surface area (Å²) in [5, 5.41) is 0. The Bertz CT molecular complexity index is 180. The largest absolute Gasteiger partial charge is 0.117 e. The lowest BCUT2D eigenvalue weighted by molar-refractivity contribution is 0.557. The average Bonchev–Trinajstić information content (AvgIpc) is 2.12. The summed E-state index contributed by atoms with van der Waals surface area (Å²) < 4.78 is 0. The van der Waals surface area contributed by atoms with Crippen LogP contribution in [0.4, 0.5) is 0 Å². The maximum Gasteiger partial charge on any atom is 0.117 e. The molecule has 1 radical (unpaired) electrons. The minimum absolute atomic E-state index is 0.645. The quantitative estimate of drug-likeness (QED) is 0.432. The second kappa shape index (κ2) is 7.90. The van der Waals surface area contributed by atoms with E-state index in [-0.39, 0.29) is 0 Å². The van der Waals surface area contributed by atoms with Crippen LogP contribution >= 0.6 is 0 Å². The van der Waals surface area contributed by atoms with Crippen molar-refractivity contribution in [3.63, 3.8) is 0 Å². The predicted molar refractivity (Wildman–Crippen MR) is 67.9 cm³/mol. The zero-order valence-corrected chi connectivity index (χ0v) is 10.3. The molecule has 0 aromatic carbocycles. The fourth-order valence-corrected chi connectivity index (χ4v) is 1.30. The van der Waals surface area contributed by atoms with Crippen LogP contribution in [-0.4, -0.2) is 7.28 Å². The van der Waals surface area contributed by atoms with Gasteiger partial charge in [-0.05, 0) is 18.8 Å². The van der Waals surface area contributed by atoms with Crippen LogP contribution in [-0.2, 0) is 0 Å². The topological polar surface area (TPSA) is 0 Å². The minimum Gasteiger partial charge on any atom is -0.0961 e. The Labute approximate surface area is 90.7 Å². The van der Waals surface area contributed by atoms with Gasteiger partial charge in [0.25, 0.3) is 0 Å². The van der Waals surface area contributed by atoms with E-state index in [1.165, 1.54) is 0 Å². The van der Waals surface area contributed by atoms with Crippen molar-refractivity contribution < 1.29 is 0 Å². The molecule has 0 heterocycles. The minimum atomic E-state index is 0.645. The fraction of sp³-hybridized carbons (Fsp3) is 0.692. The first-order valence-electron chi connectivity index (χ1n) is 5.70. The number of rotatable bonds is 6. The molecule has 0 aliphatic rings. The van der Waals surface area contributed by atoms with E-state index in [4.69, 9.17) is 0 Å². The first kappa shape index (κ1) is 13.5. The van der Waals surface area contributed by atoms with E-state index in [2.05, 4.69) is 66.2 Å². The summed E-state index contributed by atoms with van der Waals surface area (Å²) in [6.45, 7) is 11.1. The third kappa shape index (κ3) is 7.00. The van der Waals surface area contributed by atoms with Gasteiger partial charge < -0.3 is 0 Å². The SMILES string of the molecule is C/C=C/C(C)C(C)/C=C/C[B]C(C)C. The molecule has 0 rings (SSSR count). The van der Waals surface area contributed by atoms with Crippen molar-refractivity contribution >= 4 is 7.28 Å². The highest BCUT2D eigenvalue weighted by Crippen LogP contribution is 2.14. The van der Waals surface area contributed by atoms with E-state index in [0.29, 0.717) is 17.7 Å². The Kier molecular flexibility index (Phi) is 7.65. The van der Waals surface area contributed by atoms with Gasteiger partial charge in [0, 0.05) is 0 Å². The molecule has 2 unspecified atom stereocenters. The highest BCUT2D eigenvalue weighted by molar-refractivity contribution is 6.37. The molecule has 0 spiro atoms. The van der Waals surface area contributed by atoms with Gasteiger partial charge >= 0.3 is 0 Å². The first-order valence-corrected chi connectivity index (χ1v) is 5.70. The summed E-state index contributed by atoms with van der Waals surface area (Å²) in [5.74, 6) is 1.99. The van der Waals surface area contributed by atoms with Gasteiger partial charge in [0.2, 0.25) is 0 Å². The average molecular weight is 191 g/mol. The van der Waals surface area contributed by atoms with Gasteiger partial charge in [0.1, 0.15) is 7.28 Å². The van der Waals surface area contributed by atoms with Crippen LogP contribution in [0.2, 0.25) is 12.1 Å². The number of allylic oxidation sites excluding steroid dienone is 4. The van der Waals surface area contributed by atoms with Crippen LogP contribution in [0.25, 0.3) is 0 Å². The molecule has 0 nitrogen and oxygen atoms in total. The van der Waals surface area contributed by atoms with Crippen LogP contribution in [0.3, 0.4) is 0 Å². The lowest BCUT2D eigenvalue weighted by Gasteiger charge is -2.11. The highest BCUT2D eigenvalue weighted by Gasteiger charge is 2.03.